The van der Waals surface area contributed by atoms with E-state index in [4.69, 9.17) is 0 Å². The highest BCUT2D eigenvalue weighted by atomic mass is 32.1. The number of carbonyl (C=O) groups is 1. The number of phenols is 1. The van der Waals surface area contributed by atoms with Crippen molar-refractivity contribution in [2.24, 2.45) is 5.41 Å². The number of anilines is 4. The highest BCUT2D eigenvalue weighted by Crippen LogP contribution is 2.54. The second kappa shape index (κ2) is 10.1. The summed E-state index contributed by atoms with van der Waals surface area (Å²) in [5.41, 5.74) is 5.44. The lowest BCUT2D eigenvalue weighted by atomic mass is 9.74. The Morgan fingerprint density at radius 3 is 2.58 bits per heavy atom. The topological polar surface area (TPSA) is 93.6 Å². The average Bonchev–Trinajstić information content (AvgIpc) is 3.44. The van der Waals surface area contributed by atoms with Crippen LogP contribution < -0.4 is 15.5 Å². The fourth-order valence-electron chi connectivity index (χ4n) is 6.18. The van der Waals surface area contributed by atoms with E-state index in [-0.39, 0.29) is 22.6 Å². The molecule has 2 amide bonds. The number of rotatable bonds is 4. The molecule has 0 atom stereocenters. The summed E-state index contributed by atoms with van der Waals surface area (Å²) < 4.78 is 0. The van der Waals surface area contributed by atoms with Gasteiger partial charge < -0.3 is 20.2 Å². The quantitative estimate of drug-likeness (QED) is 0.254. The van der Waals surface area contributed by atoms with Crippen LogP contribution in [0.2, 0.25) is 0 Å². The van der Waals surface area contributed by atoms with Crippen molar-refractivity contribution < 1.29 is 9.90 Å². The van der Waals surface area contributed by atoms with Crippen molar-refractivity contribution in [2.45, 2.75) is 46.0 Å². The summed E-state index contributed by atoms with van der Waals surface area (Å²) in [6.07, 6.45) is 2.05. The Kier molecular flexibility index (Phi) is 6.67. The number of piperidine rings is 1. The zero-order valence-corrected chi connectivity index (χ0v) is 24.3. The first-order valence-electron chi connectivity index (χ1n) is 13.8. The van der Waals surface area contributed by atoms with Gasteiger partial charge in [0.25, 0.3) is 0 Å². The first-order valence-corrected chi connectivity index (χ1v) is 14.7. The van der Waals surface area contributed by atoms with Crippen LogP contribution in [0.4, 0.5) is 27.0 Å². The fourth-order valence-corrected chi connectivity index (χ4v) is 7.06. The second-order valence-electron chi connectivity index (χ2n) is 12.3. The second-order valence-corrected chi connectivity index (χ2v) is 13.2. The Morgan fingerprint density at radius 2 is 1.80 bits per heavy atom. The SMILES string of the molecule is Cc1ccc2nc(NC(=O)Nc3ccccc3N3CC4(CCN(CC(C)(C)C)CC4)c4cccc(O)c43)sc2n1. The van der Waals surface area contributed by atoms with Crippen molar-refractivity contribution in [2.75, 3.05) is 41.7 Å². The number of amides is 2. The highest BCUT2D eigenvalue weighted by Gasteiger charge is 2.46. The van der Waals surface area contributed by atoms with Crippen LogP contribution >= 0.6 is 11.3 Å². The van der Waals surface area contributed by atoms with Crippen LogP contribution in [0.25, 0.3) is 10.3 Å². The van der Waals surface area contributed by atoms with Gasteiger partial charge in [0.2, 0.25) is 0 Å². The molecule has 0 saturated carbocycles. The molecule has 3 N–H and O–H groups in total. The van der Waals surface area contributed by atoms with Gasteiger partial charge in [-0.25, -0.2) is 14.8 Å². The number of likely N-dealkylation sites (tertiary alicyclic amines) is 1. The Labute approximate surface area is 239 Å². The lowest BCUT2D eigenvalue weighted by Gasteiger charge is -2.42. The van der Waals surface area contributed by atoms with Crippen LogP contribution in [0.5, 0.6) is 5.75 Å². The third-order valence-corrected chi connectivity index (χ3v) is 8.77. The molecule has 1 spiro atoms. The number of hydrogen-bond acceptors (Lipinski definition) is 7. The molecular formula is C31H36N6O2S. The van der Waals surface area contributed by atoms with Gasteiger partial charge in [-0.15, -0.1) is 0 Å². The summed E-state index contributed by atoms with van der Waals surface area (Å²) in [5.74, 6) is 0.267. The van der Waals surface area contributed by atoms with Crippen LogP contribution in [0.3, 0.4) is 0 Å². The van der Waals surface area contributed by atoms with Crippen LogP contribution in [-0.4, -0.2) is 52.2 Å². The predicted molar refractivity (Wildman–Crippen MR) is 163 cm³/mol. The summed E-state index contributed by atoms with van der Waals surface area (Å²) >= 11 is 1.35. The molecule has 0 unspecified atom stereocenters. The van der Waals surface area contributed by atoms with Crippen LogP contribution in [0, 0.1) is 12.3 Å². The van der Waals surface area contributed by atoms with E-state index >= 15 is 0 Å². The number of para-hydroxylation sites is 3. The average molecular weight is 557 g/mol. The maximum Gasteiger partial charge on any atom is 0.325 e. The molecule has 1 saturated heterocycles. The van der Waals surface area contributed by atoms with Gasteiger partial charge in [-0.2, -0.15) is 0 Å². The molecular weight excluding hydrogens is 520 g/mol. The largest absolute Gasteiger partial charge is 0.506 e. The Hall–Kier alpha value is -3.69. The summed E-state index contributed by atoms with van der Waals surface area (Å²) in [5, 5.41) is 17.5. The van der Waals surface area contributed by atoms with Crippen molar-refractivity contribution in [3.8, 4) is 5.75 Å². The van der Waals surface area contributed by atoms with Crippen molar-refractivity contribution in [1.82, 2.24) is 14.9 Å². The monoisotopic (exact) mass is 556 g/mol. The smallest absolute Gasteiger partial charge is 0.325 e. The molecule has 0 bridgehead atoms. The summed E-state index contributed by atoms with van der Waals surface area (Å²) in [7, 11) is 0. The number of pyridine rings is 1. The number of urea groups is 1. The minimum Gasteiger partial charge on any atom is -0.506 e. The van der Waals surface area contributed by atoms with Gasteiger partial charge in [0.1, 0.15) is 16.1 Å². The number of nitrogens with zero attached hydrogens (tertiary/aromatic N) is 4. The highest BCUT2D eigenvalue weighted by molar-refractivity contribution is 7.21. The van der Waals surface area contributed by atoms with Gasteiger partial charge in [0, 0.05) is 24.2 Å². The molecule has 2 aliphatic rings. The van der Waals surface area contributed by atoms with Gasteiger partial charge in [-0.05, 0) is 74.2 Å². The molecule has 208 valence electrons. The Bertz CT molecular complexity index is 1570. The molecule has 1 fully saturated rings. The molecule has 0 aliphatic carbocycles. The van der Waals surface area contributed by atoms with Crippen LogP contribution in [0.1, 0.15) is 44.9 Å². The number of thiazole rings is 1. The number of fused-ring (bicyclic) bond motifs is 3. The molecule has 8 nitrogen and oxygen atoms in total. The molecule has 0 radical (unpaired) electrons. The predicted octanol–water partition coefficient (Wildman–Crippen LogP) is 6.88. The molecule has 2 aromatic carbocycles. The third-order valence-electron chi connectivity index (χ3n) is 7.89. The fraction of sp³-hybridized carbons (Fsp3) is 0.387. The number of benzene rings is 2. The summed E-state index contributed by atoms with van der Waals surface area (Å²) in [4.78, 5) is 27.6. The van der Waals surface area contributed by atoms with E-state index in [9.17, 15) is 9.90 Å². The van der Waals surface area contributed by atoms with Crippen LogP contribution in [0.15, 0.2) is 54.6 Å². The number of aryl methyl sites for hydroxylation is 1. The van der Waals surface area contributed by atoms with E-state index in [1.165, 1.54) is 16.9 Å². The van der Waals surface area contributed by atoms with Crippen molar-refractivity contribution in [3.63, 3.8) is 0 Å². The van der Waals surface area contributed by atoms with Crippen molar-refractivity contribution in [3.05, 3.63) is 65.9 Å². The van der Waals surface area contributed by atoms with E-state index < -0.39 is 0 Å². The van der Waals surface area contributed by atoms with E-state index in [0.717, 1.165) is 66.4 Å². The maximum atomic E-state index is 13.1. The molecule has 40 heavy (non-hydrogen) atoms. The number of aromatic nitrogens is 2. The van der Waals surface area contributed by atoms with Gasteiger partial charge in [-0.1, -0.05) is 56.4 Å². The first kappa shape index (κ1) is 26.5. The number of aromatic hydroxyl groups is 1. The van der Waals surface area contributed by atoms with Crippen molar-refractivity contribution in [1.29, 1.82) is 0 Å². The zero-order chi connectivity index (χ0) is 28.1. The summed E-state index contributed by atoms with van der Waals surface area (Å²) in [6, 6.07) is 17.1. The normalized spacial score (nSPS) is 16.9. The van der Waals surface area contributed by atoms with Gasteiger partial charge in [0.15, 0.2) is 5.13 Å². The van der Waals surface area contributed by atoms with Crippen molar-refractivity contribution >= 4 is 49.9 Å². The summed E-state index contributed by atoms with van der Waals surface area (Å²) in [6.45, 7) is 12.7. The lowest BCUT2D eigenvalue weighted by Crippen LogP contribution is -2.46. The third kappa shape index (κ3) is 5.11. The maximum absolute atomic E-state index is 13.1. The van der Waals surface area contributed by atoms with E-state index in [1.54, 1.807) is 6.07 Å². The molecule has 4 aromatic rings. The zero-order valence-electron chi connectivity index (χ0n) is 23.5. The molecule has 2 aliphatic heterocycles. The number of hydrogen-bond donors (Lipinski definition) is 3. The first-order chi connectivity index (χ1) is 19.1. The van der Waals surface area contributed by atoms with Gasteiger partial charge in [-0.3, -0.25) is 5.32 Å². The lowest BCUT2D eigenvalue weighted by molar-refractivity contribution is 0.125. The Morgan fingerprint density at radius 1 is 1.02 bits per heavy atom. The number of nitrogens with one attached hydrogen (secondary N) is 2. The molecule has 6 rings (SSSR count). The van der Waals surface area contributed by atoms with Gasteiger partial charge in [0.05, 0.1) is 17.1 Å². The van der Waals surface area contributed by atoms with E-state index in [1.807, 2.05) is 49.4 Å². The number of carbonyl (C=O) groups excluding carboxylic acids is 1. The van der Waals surface area contributed by atoms with Crippen LogP contribution in [-0.2, 0) is 5.41 Å². The standard InChI is InChI=1S/C31H36N6O2S/c1-20-12-13-23-27(32-20)40-29(34-23)35-28(39)33-22-9-5-6-10-24(22)37-19-31(21-8-7-11-25(38)26(21)37)14-16-36(17-15-31)18-30(2,3)4/h5-13,38H,14-19H2,1-4H3,(H2,33,34,35,39). The number of phenolic OH excluding ortho intramolecular Hbond substituents is 1. The minimum atomic E-state index is -0.370. The van der Waals surface area contributed by atoms with E-state index in [2.05, 4.69) is 57.2 Å². The van der Waals surface area contributed by atoms with E-state index in [0.29, 0.717) is 10.8 Å². The minimum absolute atomic E-state index is 0.0516. The molecule has 2 aromatic heterocycles. The molecule has 4 heterocycles. The van der Waals surface area contributed by atoms with Gasteiger partial charge >= 0.3 is 6.03 Å². The molecule has 9 heteroatoms. The Balaban J connectivity index is 1.25.